The molecule has 0 aromatic heterocycles. The summed E-state index contributed by atoms with van der Waals surface area (Å²) in [6.45, 7) is 1.05. The number of carbonyl (C=O) groups excluding carboxylic acids is 2. The maximum absolute atomic E-state index is 12.0. The van der Waals surface area contributed by atoms with E-state index < -0.39 is 0 Å². The Hall–Kier alpha value is -1.44. The summed E-state index contributed by atoms with van der Waals surface area (Å²) < 4.78 is 10.5. The normalized spacial score (nSPS) is 10.5. The van der Waals surface area contributed by atoms with E-state index in [0.717, 1.165) is 4.47 Å². The molecule has 1 N–H and O–H groups in total. The summed E-state index contributed by atoms with van der Waals surface area (Å²) in [6, 6.07) is 7.27. The van der Waals surface area contributed by atoms with E-state index in [2.05, 4.69) is 26.0 Å². The Morgan fingerprint density at radius 1 is 1.19 bits per heavy atom. The van der Waals surface area contributed by atoms with Gasteiger partial charge < -0.3 is 14.8 Å². The van der Waals surface area contributed by atoms with E-state index in [1.165, 1.54) is 7.11 Å². The number of hydrogen-bond donors (Lipinski definition) is 1. The molecule has 0 aliphatic rings. The third-order valence-electron chi connectivity index (χ3n) is 2.69. The van der Waals surface area contributed by atoms with Crippen molar-refractivity contribution in [2.24, 2.45) is 0 Å². The zero-order chi connectivity index (χ0) is 15.7. The molecule has 1 aromatic rings. The second-order valence-electron chi connectivity index (χ2n) is 4.33. The van der Waals surface area contributed by atoms with Crippen LogP contribution in [0.1, 0.15) is 0 Å². The average Bonchev–Trinajstić information content (AvgIpc) is 2.47. The van der Waals surface area contributed by atoms with Crippen molar-refractivity contribution < 1.29 is 19.1 Å². The molecule has 0 bridgehead atoms. The fourth-order valence-electron chi connectivity index (χ4n) is 1.62. The summed E-state index contributed by atoms with van der Waals surface area (Å²) in [7, 11) is 2.89. The average molecular weight is 359 g/mol. The minimum atomic E-state index is -0.387. The van der Waals surface area contributed by atoms with E-state index in [-0.39, 0.29) is 25.0 Å². The lowest BCUT2D eigenvalue weighted by atomic mass is 10.3. The van der Waals surface area contributed by atoms with Gasteiger partial charge in [-0.2, -0.15) is 0 Å². The molecule has 0 spiro atoms. The van der Waals surface area contributed by atoms with Crippen molar-refractivity contribution in [1.82, 2.24) is 4.90 Å². The number of ether oxygens (including phenoxy) is 2. The first-order valence-corrected chi connectivity index (χ1v) is 7.18. The van der Waals surface area contributed by atoms with Gasteiger partial charge in [0.2, 0.25) is 5.91 Å². The van der Waals surface area contributed by atoms with Crippen LogP contribution in [0.4, 0.5) is 5.69 Å². The molecule has 0 radical (unpaired) electrons. The van der Waals surface area contributed by atoms with Gasteiger partial charge in [0.1, 0.15) is 0 Å². The van der Waals surface area contributed by atoms with Gasteiger partial charge in [0.15, 0.2) is 0 Å². The van der Waals surface area contributed by atoms with E-state index in [1.807, 2.05) is 12.1 Å². The first-order chi connectivity index (χ1) is 10.0. The fraction of sp³-hybridized carbons (Fsp3) is 0.429. The van der Waals surface area contributed by atoms with Gasteiger partial charge in [0, 0.05) is 23.8 Å². The highest BCUT2D eigenvalue weighted by Gasteiger charge is 2.14. The van der Waals surface area contributed by atoms with Crippen LogP contribution in [-0.2, 0) is 19.1 Å². The number of methoxy groups -OCH3 is 2. The maximum atomic E-state index is 12.0. The van der Waals surface area contributed by atoms with Crippen LogP contribution in [0.2, 0.25) is 0 Å². The summed E-state index contributed by atoms with van der Waals surface area (Å²) in [5.41, 5.74) is 0.702. The molecule has 116 valence electrons. The minimum Gasteiger partial charge on any atom is -0.468 e. The van der Waals surface area contributed by atoms with Gasteiger partial charge in [-0.1, -0.05) is 15.9 Å². The molecule has 1 rings (SSSR count). The summed E-state index contributed by atoms with van der Waals surface area (Å²) in [5, 5.41) is 2.77. The number of anilines is 1. The van der Waals surface area contributed by atoms with Crippen molar-refractivity contribution in [3.63, 3.8) is 0 Å². The highest BCUT2D eigenvalue weighted by molar-refractivity contribution is 9.10. The molecule has 0 unspecified atom stereocenters. The number of benzene rings is 1. The third kappa shape index (κ3) is 7.22. The maximum Gasteiger partial charge on any atom is 0.319 e. The molecule has 0 aliphatic carbocycles. The number of hydrogen-bond acceptors (Lipinski definition) is 5. The Labute approximate surface area is 132 Å². The van der Waals surface area contributed by atoms with Crippen LogP contribution < -0.4 is 5.32 Å². The first kappa shape index (κ1) is 17.6. The highest BCUT2D eigenvalue weighted by atomic mass is 79.9. The second kappa shape index (κ2) is 9.49. The van der Waals surface area contributed by atoms with Crippen molar-refractivity contribution in [2.45, 2.75) is 0 Å². The Morgan fingerprint density at radius 2 is 1.86 bits per heavy atom. The Balaban J connectivity index is 2.53. The summed E-state index contributed by atoms with van der Waals surface area (Å²) in [6.07, 6.45) is 0. The smallest absolute Gasteiger partial charge is 0.319 e. The predicted molar refractivity (Wildman–Crippen MR) is 83.1 cm³/mol. The lowest BCUT2D eigenvalue weighted by Crippen LogP contribution is -2.39. The summed E-state index contributed by atoms with van der Waals surface area (Å²) in [4.78, 5) is 25.0. The van der Waals surface area contributed by atoms with Crippen molar-refractivity contribution >= 4 is 33.5 Å². The van der Waals surface area contributed by atoms with Crippen LogP contribution in [0, 0.1) is 0 Å². The molecule has 0 atom stereocenters. The van der Waals surface area contributed by atoms with Crippen LogP contribution in [-0.4, -0.2) is 57.2 Å². The lowest BCUT2D eigenvalue weighted by molar-refractivity contribution is -0.142. The van der Waals surface area contributed by atoms with E-state index in [0.29, 0.717) is 18.8 Å². The molecule has 0 aliphatic heterocycles. The van der Waals surface area contributed by atoms with Crippen LogP contribution in [0.15, 0.2) is 28.7 Å². The zero-order valence-electron chi connectivity index (χ0n) is 12.1. The molecule has 0 fully saturated rings. The van der Waals surface area contributed by atoms with Crippen molar-refractivity contribution in [2.75, 3.05) is 45.8 Å². The van der Waals surface area contributed by atoms with Crippen LogP contribution in [0.5, 0.6) is 0 Å². The number of carbonyl (C=O) groups is 2. The standard InChI is InChI=1S/C14H19BrN2O4/c1-20-8-7-17(10-14(19)21-2)9-13(18)16-12-5-3-11(15)4-6-12/h3-6H,7-10H2,1-2H3,(H,16,18). The molecule has 21 heavy (non-hydrogen) atoms. The Bertz CT molecular complexity index is 465. The Kier molecular flexibility index (Phi) is 7.96. The zero-order valence-corrected chi connectivity index (χ0v) is 13.7. The van der Waals surface area contributed by atoms with Crippen LogP contribution >= 0.6 is 15.9 Å². The Morgan fingerprint density at radius 3 is 2.43 bits per heavy atom. The molecular formula is C14H19BrN2O4. The van der Waals surface area contributed by atoms with Gasteiger partial charge in [0.05, 0.1) is 26.8 Å². The second-order valence-corrected chi connectivity index (χ2v) is 5.25. The third-order valence-corrected chi connectivity index (χ3v) is 3.22. The van der Waals surface area contributed by atoms with Gasteiger partial charge in [-0.3, -0.25) is 14.5 Å². The van der Waals surface area contributed by atoms with Gasteiger partial charge >= 0.3 is 5.97 Å². The van der Waals surface area contributed by atoms with Crippen molar-refractivity contribution in [3.05, 3.63) is 28.7 Å². The van der Waals surface area contributed by atoms with Gasteiger partial charge in [-0.15, -0.1) is 0 Å². The monoisotopic (exact) mass is 358 g/mol. The molecule has 1 aromatic carbocycles. The van der Waals surface area contributed by atoms with Gasteiger partial charge in [-0.05, 0) is 24.3 Å². The number of nitrogens with zero attached hydrogens (tertiary/aromatic N) is 1. The van der Waals surface area contributed by atoms with Crippen LogP contribution in [0.3, 0.4) is 0 Å². The fourth-order valence-corrected chi connectivity index (χ4v) is 1.88. The lowest BCUT2D eigenvalue weighted by Gasteiger charge is -2.20. The summed E-state index contributed by atoms with van der Waals surface area (Å²) >= 11 is 3.33. The van der Waals surface area contributed by atoms with E-state index in [4.69, 9.17) is 4.74 Å². The predicted octanol–water partition coefficient (Wildman–Crippen LogP) is 1.51. The van der Waals surface area contributed by atoms with E-state index in [9.17, 15) is 9.59 Å². The number of halogens is 1. The van der Waals surface area contributed by atoms with Crippen molar-refractivity contribution in [3.8, 4) is 0 Å². The number of esters is 1. The molecule has 0 saturated heterocycles. The number of nitrogens with one attached hydrogen (secondary N) is 1. The highest BCUT2D eigenvalue weighted by Crippen LogP contribution is 2.13. The largest absolute Gasteiger partial charge is 0.468 e. The molecule has 7 heteroatoms. The van der Waals surface area contributed by atoms with E-state index >= 15 is 0 Å². The number of rotatable bonds is 8. The SMILES string of the molecule is COCCN(CC(=O)Nc1ccc(Br)cc1)CC(=O)OC. The molecule has 0 heterocycles. The molecule has 0 saturated carbocycles. The van der Waals surface area contributed by atoms with Gasteiger partial charge in [0.25, 0.3) is 0 Å². The van der Waals surface area contributed by atoms with Gasteiger partial charge in [-0.25, -0.2) is 0 Å². The van der Waals surface area contributed by atoms with Crippen LogP contribution in [0.25, 0.3) is 0 Å². The number of amides is 1. The molecular weight excluding hydrogens is 340 g/mol. The minimum absolute atomic E-state index is 0.0492. The quantitative estimate of drug-likeness (QED) is 0.713. The summed E-state index contributed by atoms with van der Waals surface area (Å²) in [5.74, 6) is -0.583. The van der Waals surface area contributed by atoms with Crippen molar-refractivity contribution in [1.29, 1.82) is 0 Å². The first-order valence-electron chi connectivity index (χ1n) is 6.38. The topological polar surface area (TPSA) is 67.9 Å². The van der Waals surface area contributed by atoms with E-state index in [1.54, 1.807) is 24.1 Å². The molecule has 6 nitrogen and oxygen atoms in total. The molecule has 1 amide bonds.